The van der Waals surface area contributed by atoms with Gasteiger partial charge in [-0.1, -0.05) is 27.7 Å². The highest BCUT2D eigenvalue weighted by atomic mass is 79.9. The molecular weight excluding hydrogens is 352 g/mol. The zero-order chi connectivity index (χ0) is 12.3. The average Bonchev–Trinajstić information content (AvgIpc) is 2.39. The Balaban J connectivity index is 2.29. The van der Waals surface area contributed by atoms with E-state index in [0.29, 0.717) is 0 Å². The van der Waals surface area contributed by atoms with E-state index in [1.807, 2.05) is 6.07 Å². The summed E-state index contributed by atoms with van der Waals surface area (Å²) in [6.07, 6.45) is 0. The van der Waals surface area contributed by atoms with Gasteiger partial charge in [0, 0.05) is 10.4 Å². The molecule has 88 valence electrons. The van der Waals surface area contributed by atoms with E-state index in [1.54, 1.807) is 0 Å². The van der Waals surface area contributed by atoms with Crippen molar-refractivity contribution in [1.29, 1.82) is 0 Å². The molecule has 0 amide bonds. The van der Waals surface area contributed by atoms with Crippen LogP contribution in [0, 0.1) is 16.7 Å². The first-order chi connectivity index (χ1) is 7.19. The minimum absolute atomic E-state index is 0.118. The van der Waals surface area contributed by atoms with Gasteiger partial charge in [-0.2, -0.15) is 0 Å². The summed E-state index contributed by atoms with van der Waals surface area (Å²) < 4.78 is 1.96. The number of ketones is 1. The molecule has 1 saturated carbocycles. The van der Waals surface area contributed by atoms with E-state index in [4.69, 9.17) is 0 Å². The molecule has 1 fully saturated rings. The van der Waals surface area contributed by atoms with Gasteiger partial charge in [0.15, 0.2) is 5.78 Å². The summed E-state index contributed by atoms with van der Waals surface area (Å²) in [5.74, 6) is 0.434. The first-order valence-corrected chi connectivity index (χ1v) is 7.59. The van der Waals surface area contributed by atoms with Crippen molar-refractivity contribution in [3.63, 3.8) is 0 Å². The molecular formula is C12H14Br2OS. The summed E-state index contributed by atoms with van der Waals surface area (Å²) in [5.41, 5.74) is 0.236. The lowest BCUT2D eigenvalue weighted by Gasteiger charge is -2.03. The number of carbonyl (C=O) groups excluding carboxylic acids is 1. The Morgan fingerprint density at radius 3 is 2.06 bits per heavy atom. The van der Waals surface area contributed by atoms with Gasteiger partial charge in [0.1, 0.15) is 0 Å². The largest absolute Gasteiger partial charge is 0.293 e. The maximum Gasteiger partial charge on any atom is 0.177 e. The third kappa shape index (κ3) is 1.65. The van der Waals surface area contributed by atoms with Crippen LogP contribution in [0.5, 0.6) is 0 Å². The molecule has 0 radical (unpaired) electrons. The molecule has 4 heteroatoms. The average molecular weight is 366 g/mol. The van der Waals surface area contributed by atoms with E-state index in [1.165, 1.54) is 11.3 Å². The molecule has 1 nitrogen and oxygen atoms in total. The minimum Gasteiger partial charge on any atom is -0.293 e. The summed E-state index contributed by atoms with van der Waals surface area (Å²) in [6.45, 7) is 8.70. The van der Waals surface area contributed by atoms with Crippen LogP contribution in [0.15, 0.2) is 14.3 Å². The number of carbonyl (C=O) groups is 1. The predicted molar refractivity (Wildman–Crippen MR) is 75.1 cm³/mol. The molecule has 0 aliphatic heterocycles. The van der Waals surface area contributed by atoms with Crippen LogP contribution in [0.1, 0.15) is 37.4 Å². The molecule has 0 N–H and O–H groups in total. The number of rotatable bonds is 2. The van der Waals surface area contributed by atoms with Crippen molar-refractivity contribution in [1.82, 2.24) is 0 Å². The van der Waals surface area contributed by atoms with Gasteiger partial charge in [-0.3, -0.25) is 4.79 Å². The molecule has 1 aliphatic carbocycles. The normalized spacial score (nSPS) is 22.1. The maximum absolute atomic E-state index is 12.4. The highest BCUT2D eigenvalue weighted by molar-refractivity contribution is 9.13. The van der Waals surface area contributed by atoms with E-state index in [-0.39, 0.29) is 22.5 Å². The Morgan fingerprint density at radius 2 is 1.75 bits per heavy atom. The monoisotopic (exact) mass is 364 g/mol. The zero-order valence-corrected chi connectivity index (χ0v) is 13.7. The quantitative estimate of drug-likeness (QED) is 0.663. The fourth-order valence-corrected chi connectivity index (χ4v) is 4.47. The van der Waals surface area contributed by atoms with Crippen molar-refractivity contribution >= 4 is 49.0 Å². The Hall–Kier alpha value is 0.330. The molecule has 1 heterocycles. The number of halogens is 2. The minimum atomic E-state index is 0.118. The summed E-state index contributed by atoms with van der Waals surface area (Å²) in [6, 6.07) is 1.92. The third-order valence-electron chi connectivity index (χ3n) is 4.17. The van der Waals surface area contributed by atoms with Gasteiger partial charge in [0.05, 0.1) is 8.66 Å². The lowest BCUT2D eigenvalue weighted by atomic mass is 10.0. The lowest BCUT2D eigenvalue weighted by Crippen LogP contribution is -2.05. The summed E-state index contributed by atoms with van der Waals surface area (Å²) in [7, 11) is 0. The Morgan fingerprint density at radius 1 is 1.25 bits per heavy atom. The van der Waals surface area contributed by atoms with Gasteiger partial charge in [-0.15, -0.1) is 11.3 Å². The van der Waals surface area contributed by atoms with Crippen molar-refractivity contribution < 1.29 is 4.79 Å². The van der Waals surface area contributed by atoms with E-state index >= 15 is 0 Å². The molecule has 1 aromatic heterocycles. The summed E-state index contributed by atoms with van der Waals surface area (Å²) >= 11 is 8.37. The summed E-state index contributed by atoms with van der Waals surface area (Å²) in [5, 5.41) is 0. The van der Waals surface area contributed by atoms with Gasteiger partial charge in [0.2, 0.25) is 0 Å². The second kappa shape index (κ2) is 3.66. The van der Waals surface area contributed by atoms with Crippen molar-refractivity contribution in [2.45, 2.75) is 27.7 Å². The molecule has 0 unspecified atom stereocenters. The second-order valence-corrected chi connectivity index (χ2v) is 8.70. The van der Waals surface area contributed by atoms with Crippen LogP contribution in [-0.4, -0.2) is 5.78 Å². The SMILES string of the molecule is CC1(C)C(C(=O)c2cc(Br)c(Br)s2)C1(C)C. The molecule has 1 aromatic rings. The molecule has 0 spiro atoms. The van der Waals surface area contributed by atoms with Gasteiger partial charge in [-0.05, 0) is 48.8 Å². The van der Waals surface area contributed by atoms with Gasteiger partial charge >= 0.3 is 0 Å². The Bertz CT molecular complexity index is 426. The molecule has 2 rings (SSSR count). The Labute approximate surface area is 117 Å². The number of thiophene rings is 1. The highest BCUT2D eigenvalue weighted by Crippen LogP contribution is 2.69. The molecule has 0 aromatic carbocycles. The molecule has 0 bridgehead atoms. The molecule has 0 saturated heterocycles. The number of hydrogen-bond acceptors (Lipinski definition) is 2. The van der Waals surface area contributed by atoms with Crippen LogP contribution in [-0.2, 0) is 0 Å². The van der Waals surface area contributed by atoms with Crippen molar-refractivity contribution in [3.05, 3.63) is 19.2 Å². The zero-order valence-electron chi connectivity index (χ0n) is 9.73. The van der Waals surface area contributed by atoms with Crippen LogP contribution >= 0.6 is 43.2 Å². The summed E-state index contributed by atoms with van der Waals surface area (Å²) in [4.78, 5) is 13.2. The number of hydrogen-bond donors (Lipinski definition) is 0. The smallest absolute Gasteiger partial charge is 0.177 e. The van der Waals surface area contributed by atoms with Crippen molar-refractivity contribution in [3.8, 4) is 0 Å². The van der Waals surface area contributed by atoms with Crippen LogP contribution < -0.4 is 0 Å². The van der Waals surface area contributed by atoms with E-state index < -0.39 is 0 Å². The molecule has 1 aliphatic rings. The van der Waals surface area contributed by atoms with E-state index in [2.05, 4.69) is 59.6 Å². The van der Waals surface area contributed by atoms with Gasteiger partial charge in [0.25, 0.3) is 0 Å². The second-order valence-electron chi connectivity index (χ2n) is 5.47. The predicted octanol–water partition coefficient (Wildman–Crippen LogP) is 5.14. The maximum atomic E-state index is 12.4. The first kappa shape index (κ1) is 12.8. The standard InChI is InChI=1S/C12H14Br2OS/c1-11(2)9(12(11,3)4)8(15)7-5-6(13)10(14)16-7/h5,9H,1-4H3. The van der Waals surface area contributed by atoms with Crippen LogP contribution in [0.2, 0.25) is 0 Å². The van der Waals surface area contributed by atoms with E-state index in [0.717, 1.165) is 13.1 Å². The lowest BCUT2D eigenvalue weighted by molar-refractivity contribution is 0.0949. The molecule has 0 atom stereocenters. The van der Waals surface area contributed by atoms with Crippen LogP contribution in [0.4, 0.5) is 0 Å². The molecule has 16 heavy (non-hydrogen) atoms. The van der Waals surface area contributed by atoms with Gasteiger partial charge < -0.3 is 0 Å². The Kier molecular flexibility index (Phi) is 2.92. The van der Waals surface area contributed by atoms with E-state index in [9.17, 15) is 4.79 Å². The van der Waals surface area contributed by atoms with Crippen LogP contribution in [0.3, 0.4) is 0 Å². The topological polar surface area (TPSA) is 17.1 Å². The number of Topliss-reactive ketones (excluding diaryl/α,β-unsaturated/α-hetero) is 1. The van der Waals surface area contributed by atoms with Crippen molar-refractivity contribution in [2.24, 2.45) is 16.7 Å². The first-order valence-electron chi connectivity index (χ1n) is 5.18. The fraction of sp³-hybridized carbons (Fsp3) is 0.583. The van der Waals surface area contributed by atoms with Crippen molar-refractivity contribution in [2.75, 3.05) is 0 Å². The van der Waals surface area contributed by atoms with Crippen LogP contribution in [0.25, 0.3) is 0 Å². The third-order valence-corrected chi connectivity index (χ3v) is 7.44. The fourth-order valence-electron chi connectivity index (χ4n) is 2.46. The highest BCUT2D eigenvalue weighted by Gasteiger charge is 2.68. The van der Waals surface area contributed by atoms with Gasteiger partial charge in [-0.25, -0.2) is 0 Å².